The molecule has 0 bridgehead atoms. The van der Waals surface area contributed by atoms with E-state index in [0.29, 0.717) is 123 Å². The van der Waals surface area contributed by atoms with E-state index in [0.717, 1.165) is 103 Å². The number of nitrogens with zero attached hydrogens (tertiary/aromatic N) is 2. The molecule has 0 radical (unpaired) electrons. The highest BCUT2D eigenvalue weighted by Gasteiger charge is 2.65. The molecule has 0 unspecified atom stereocenters. The summed E-state index contributed by atoms with van der Waals surface area (Å²) in [6, 6.07) is -1.40. The van der Waals surface area contributed by atoms with Crippen molar-refractivity contribution in [1.29, 1.82) is 0 Å². The summed E-state index contributed by atoms with van der Waals surface area (Å²) < 4.78 is 10.4. The number of aliphatic hydroxyl groups is 4. The van der Waals surface area contributed by atoms with E-state index < -0.39 is 24.0 Å². The van der Waals surface area contributed by atoms with Crippen molar-refractivity contribution in [3.63, 3.8) is 0 Å². The number of carbonyl (C=O) groups excluding carboxylic acids is 4. The van der Waals surface area contributed by atoms with E-state index in [1.54, 1.807) is 13.8 Å². The van der Waals surface area contributed by atoms with Gasteiger partial charge in [-0.3, -0.25) is 19.6 Å². The van der Waals surface area contributed by atoms with Crippen LogP contribution in [0.3, 0.4) is 0 Å². The topological polar surface area (TPSA) is 321 Å². The second-order valence-electron chi connectivity index (χ2n) is 28.6. The Morgan fingerprint density at radius 2 is 0.866 bits per heavy atom. The second kappa shape index (κ2) is 28.2. The van der Waals surface area contributed by atoms with E-state index >= 15 is 0 Å². The fraction of sp³-hybridized carbons (Fsp3) is 0.906. The minimum absolute atomic E-state index is 0.0113. The molecule has 468 valence electrons. The molecule has 8 fully saturated rings. The predicted octanol–water partition coefficient (Wildman–Crippen LogP) is 6.99. The maximum Gasteiger partial charge on any atom is 0.328 e. The van der Waals surface area contributed by atoms with Crippen molar-refractivity contribution >= 4 is 35.7 Å². The summed E-state index contributed by atoms with van der Waals surface area (Å²) >= 11 is 0. The lowest BCUT2D eigenvalue weighted by Crippen LogP contribution is -2.58. The van der Waals surface area contributed by atoms with E-state index in [9.17, 15) is 39.6 Å². The quantitative estimate of drug-likeness (QED) is 0.0226. The van der Waals surface area contributed by atoms with Gasteiger partial charge in [-0.2, -0.15) is 0 Å². The highest BCUT2D eigenvalue weighted by atomic mass is 16.5. The van der Waals surface area contributed by atoms with Crippen LogP contribution in [-0.2, 0) is 28.7 Å². The Kier molecular flexibility index (Phi) is 22.6. The zero-order valence-electron chi connectivity index (χ0n) is 51.6. The van der Waals surface area contributed by atoms with Crippen LogP contribution in [-0.4, -0.2) is 119 Å². The molecule has 0 aromatic rings. The summed E-state index contributed by atoms with van der Waals surface area (Å²) in [6.45, 7) is 19.2. The minimum atomic E-state index is -0.700. The molecule has 2 amide bonds. The Bertz CT molecular complexity index is 2060. The van der Waals surface area contributed by atoms with E-state index in [4.69, 9.17) is 32.4 Å². The van der Waals surface area contributed by atoms with Crippen LogP contribution in [0.1, 0.15) is 209 Å². The Morgan fingerprint density at radius 3 is 1.22 bits per heavy atom. The van der Waals surface area contributed by atoms with Gasteiger partial charge in [0.05, 0.1) is 37.6 Å². The van der Waals surface area contributed by atoms with Crippen LogP contribution in [0.5, 0.6) is 0 Å². The first-order chi connectivity index (χ1) is 38.8. The number of rotatable bonds is 22. The summed E-state index contributed by atoms with van der Waals surface area (Å²) in [5, 5.41) is 49.5. The molecule has 14 N–H and O–H groups in total. The van der Waals surface area contributed by atoms with Gasteiger partial charge in [-0.1, -0.05) is 41.5 Å². The van der Waals surface area contributed by atoms with Gasteiger partial charge in [-0.15, -0.1) is 0 Å². The third-order valence-corrected chi connectivity index (χ3v) is 24.2. The summed E-state index contributed by atoms with van der Waals surface area (Å²) in [4.78, 5) is 58.8. The van der Waals surface area contributed by atoms with Gasteiger partial charge in [0.15, 0.2) is 11.9 Å². The van der Waals surface area contributed by atoms with Crippen molar-refractivity contribution in [3.05, 3.63) is 0 Å². The minimum Gasteiger partial charge on any atom is -0.464 e. The van der Waals surface area contributed by atoms with Crippen molar-refractivity contribution in [1.82, 2.24) is 10.6 Å². The molecule has 0 aromatic heterocycles. The van der Waals surface area contributed by atoms with Crippen molar-refractivity contribution in [2.75, 3.05) is 26.3 Å². The molecule has 18 nitrogen and oxygen atoms in total. The molecule has 8 aliphatic carbocycles. The summed E-state index contributed by atoms with van der Waals surface area (Å²) in [5.41, 5.74) is 22.4. The van der Waals surface area contributed by atoms with Crippen LogP contribution in [0.15, 0.2) is 9.98 Å². The zero-order chi connectivity index (χ0) is 59.9. The number of guanidine groups is 2. The molecule has 0 aliphatic heterocycles. The van der Waals surface area contributed by atoms with Gasteiger partial charge in [0.2, 0.25) is 11.8 Å². The first kappa shape index (κ1) is 65.8. The average molecular weight is 1150 g/mol. The molecule has 8 rings (SSSR count). The van der Waals surface area contributed by atoms with Crippen LogP contribution < -0.4 is 33.6 Å². The zero-order valence-corrected chi connectivity index (χ0v) is 51.6. The first-order valence-corrected chi connectivity index (χ1v) is 32.6. The number of nitrogens with two attached hydrogens (primary N) is 4. The Hall–Kier alpha value is -3.74. The molecule has 82 heavy (non-hydrogen) atoms. The molecule has 0 heterocycles. The molecular weight excluding hydrogens is 1040 g/mol. The largest absolute Gasteiger partial charge is 0.464 e. The Balaban J connectivity index is 0.000000236. The van der Waals surface area contributed by atoms with Crippen LogP contribution >= 0.6 is 0 Å². The molecule has 18 heteroatoms. The standard InChI is InChI=1S/2C32H56N4O5/c2*1-5-41-29(40)25(7-6-16-35-30(33)34)36-27(39)11-8-19(2)22-9-10-23-28-24(13-15-32(22,23)4)31(3)14-12-21(37)17-20(31)18-26(28)38/h2*19-26,28,37-38H,5-18H2,1-4H3,(H,36,39)(H4,33,34,35)/t19-,20+,21-,22-,23+,24+,25+,26+,28+,31+,32-;19-,20+,21-,22-,23+,24+,25+,26-,28+,31+,32-/m11/s1. The normalized spacial score (nSPS) is 39.4. The molecule has 0 saturated heterocycles. The summed E-state index contributed by atoms with van der Waals surface area (Å²) in [6.07, 6.45) is 19.8. The number of ether oxygens (including phenoxy) is 2. The molecule has 8 aliphatic rings. The number of fused-ring (bicyclic) bond motifs is 10. The number of hydrogen-bond acceptors (Lipinski definition) is 12. The lowest BCUT2D eigenvalue weighted by atomic mass is 9.43. The smallest absolute Gasteiger partial charge is 0.328 e. The fourth-order valence-corrected chi connectivity index (χ4v) is 20.0. The fourth-order valence-electron chi connectivity index (χ4n) is 20.0. The third kappa shape index (κ3) is 14.6. The van der Waals surface area contributed by atoms with Crippen molar-refractivity contribution in [2.45, 2.75) is 246 Å². The third-order valence-electron chi connectivity index (χ3n) is 24.2. The number of esters is 2. The maximum absolute atomic E-state index is 13.0. The van der Waals surface area contributed by atoms with Crippen molar-refractivity contribution in [3.8, 4) is 0 Å². The van der Waals surface area contributed by atoms with E-state index in [1.807, 2.05) is 0 Å². The van der Waals surface area contributed by atoms with Crippen LogP contribution in [0.2, 0.25) is 0 Å². The predicted molar refractivity (Wildman–Crippen MR) is 319 cm³/mol. The van der Waals surface area contributed by atoms with Crippen molar-refractivity contribution in [2.24, 2.45) is 126 Å². The lowest BCUT2D eigenvalue weighted by Gasteiger charge is -2.62. The summed E-state index contributed by atoms with van der Waals surface area (Å²) in [5.74, 6) is 4.36. The average Bonchev–Trinajstić information content (AvgIpc) is 1.50. The first-order valence-electron chi connectivity index (χ1n) is 32.6. The van der Waals surface area contributed by atoms with Gasteiger partial charge in [0, 0.05) is 25.9 Å². The number of hydrogen-bond donors (Lipinski definition) is 10. The number of nitrogens with one attached hydrogen (secondary N) is 2. The van der Waals surface area contributed by atoms with Crippen molar-refractivity contribution < 1.29 is 49.1 Å². The Morgan fingerprint density at radius 1 is 0.512 bits per heavy atom. The van der Waals surface area contributed by atoms with Gasteiger partial charge < -0.3 is 63.5 Å². The summed E-state index contributed by atoms with van der Waals surface area (Å²) in [7, 11) is 0. The van der Waals surface area contributed by atoms with Gasteiger partial charge in [0.1, 0.15) is 12.1 Å². The van der Waals surface area contributed by atoms with Gasteiger partial charge in [0.25, 0.3) is 0 Å². The number of carbonyl (C=O) groups is 4. The second-order valence-corrected chi connectivity index (χ2v) is 28.6. The maximum atomic E-state index is 13.0. The number of aliphatic imine (C=N–C) groups is 2. The molecule has 8 saturated carbocycles. The Labute approximate surface area is 491 Å². The number of aliphatic hydroxyl groups excluding tert-OH is 4. The van der Waals surface area contributed by atoms with Crippen LogP contribution in [0.25, 0.3) is 0 Å². The van der Waals surface area contributed by atoms with E-state index in [2.05, 4.69) is 62.2 Å². The SMILES string of the molecule is CCOC(=O)[C@H](CCCN=C(N)N)NC(=O)CC[C@@H](C)[C@H]1CC[C@H]2[C@@H]3[C@@H](O)C[C@@H]4C[C@H](O)CC[C@]4(C)[C@H]3CC[C@]12C.CCOC(=O)[C@H](CCCN=C(N)N)NC(=O)CC[C@@H](C)[C@H]1CC[C@H]2[C@@H]3[C@H](O)C[C@@H]4C[C@H](O)CC[C@]4(C)[C@H]3CC[C@]12C. The highest BCUT2D eigenvalue weighted by Crippen LogP contribution is 2.70. The molecular formula is C64H112N8O10. The van der Waals surface area contributed by atoms with E-state index in [1.165, 1.54) is 12.8 Å². The van der Waals surface area contributed by atoms with Crippen LogP contribution in [0, 0.1) is 92.7 Å². The number of amides is 2. The highest BCUT2D eigenvalue weighted by molar-refractivity contribution is 5.85. The van der Waals surface area contributed by atoms with Gasteiger partial charge >= 0.3 is 11.9 Å². The molecule has 0 aromatic carbocycles. The van der Waals surface area contributed by atoms with E-state index in [-0.39, 0.29) is 83.0 Å². The molecule has 0 spiro atoms. The van der Waals surface area contributed by atoms with Crippen LogP contribution in [0.4, 0.5) is 0 Å². The monoisotopic (exact) mass is 1150 g/mol. The van der Waals surface area contributed by atoms with Gasteiger partial charge in [-0.25, -0.2) is 9.59 Å². The lowest BCUT2D eigenvalue weighted by molar-refractivity contribution is -0.174. The molecule has 22 atom stereocenters. The van der Waals surface area contributed by atoms with Gasteiger partial charge in [-0.05, 0) is 248 Å².